The first-order valence-electron chi connectivity index (χ1n) is 9.66. The van der Waals surface area contributed by atoms with Gasteiger partial charge in [0.25, 0.3) is 0 Å². The van der Waals surface area contributed by atoms with Gasteiger partial charge in [0.1, 0.15) is 13.1 Å². The molecule has 0 spiro atoms. The molecule has 0 radical (unpaired) electrons. The van der Waals surface area contributed by atoms with Gasteiger partial charge in [-0.05, 0) is 32.0 Å². The van der Waals surface area contributed by atoms with E-state index >= 15 is 0 Å². The number of rotatable bonds is 8. The Bertz CT molecular complexity index is 1040. The zero-order valence-electron chi connectivity index (χ0n) is 17.0. The molecule has 0 aliphatic heterocycles. The van der Waals surface area contributed by atoms with Gasteiger partial charge in [0.15, 0.2) is 5.82 Å². The van der Waals surface area contributed by atoms with E-state index in [4.69, 9.17) is 4.98 Å². The molecule has 1 atom stereocenters. The van der Waals surface area contributed by atoms with Crippen LogP contribution in [-0.4, -0.2) is 42.9 Å². The van der Waals surface area contributed by atoms with Crippen LogP contribution in [0.2, 0.25) is 0 Å². The topological polar surface area (TPSA) is 59.6 Å². The number of imidazole rings is 1. The molecule has 2 aromatic carbocycles. The molecule has 0 saturated heterocycles. The molecule has 0 amide bonds. The number of benzene rings is 2. The summed E-state index contributed by atoms with van der Waals surface area (Å²) in [6, 6.07) is 15.7. The third kappa shape index (κ3) is 4.11. The van der Waals surface area contributed by atoms with Crippen LogP contribution in [0.3, 0.4) is 0 Å². The van der Waals surface area contributed by atoms with Gasteiger partial charge in [-0.15, -0.1) is 0 Å². The summed E-state index contributed by atoms with van der Waals surface area (Å²) in [5.74, 6) is 0.990. The minimum absolute atomic E-state index is 0.279. The van der Waals surface area contributed by atoms with E-state index in [1.807, 2.05) is 12.1 Å². The van der Waals surface area contributed by atoms with Crippen molar-refractivity contribution in [1.29, 1.82) is 0 Å². The first-order chi connectivity index (χ1) is 13.4. The minimum atomic E-state index is -3.47. The Morgan fingerprint density at radius 1 is 1.04 bits per heavy atom. The van der Waals surface area contributed by atoms with E-state index in [0.29, 0.717) is 0 Å². The third-order valence-corrected chi connectivity index (χ3v) is 6.91. The Hall–Kier alpha value is -2.22. The molecule has 1 aromatic heterocycles. The van der Waals surface area contributed by atoms with E-state index < -0.39 is 10.0 Å². The average Bonchev–Trinajstić information content (AvgIpc) is 3.04. The first kappa shape index (κ1) is 20.5. The summed E-state index contributed by atoms with van der Waals surface area (Å²) in [5, 5.41) is 0. The zero-order valence-corrected chi connectivity index (χ0v) is 17.8. The fraction of sp³-hybridized carbons (Fsp3) is 0.381. The van der Waals surface area contributed by atoms with E-state index in [0.717, 1.165) is 43.0 Å². The maximum Gasteiger partial charge on any atom is 0.242 e. The van der Waals surface area contributed by atoms with Gasteiger partial charge >= 0.3 is 0 Å². The number of sulfonamides is 1. The van der Waals surface area contributed by atoms with Crippen LogP contribution < -0.4 is 4.90 Å². The molecule has 3 rings (SSSR count). The van der Waals surface area contributed by atoms with Gasteiger partial charge in [-0.25, -0.2) is 17.7 Å². The van der Waals surface area contributed by atoms with Crippen LogP contribution in [0.4, 0.5) is 0 Å². The summed E-state index contributed by atoms with van der Waals surface area (Å²) >= 11 is 0. The highest BCUT2D eigenvalue weighted by molar-refractivity contribution is 7.89. The Morgan fingerprint density at radius 2 is 1.75 bits per heavy atom. The molecule has 0 saturated carbocycles. The normalized spacial score (nSPS) is 13.3. The number of nitrogens with one attached hydrogen (secondary N) is 1. The number of quaternary nitrogens is 1. The van der Waals surface area contributed by atoms with Crippen LogP contribution in [0, 0.1) is 0 Å². The van der Waals surface area contributed by atoms with Gasteiger partial charge in [-0.1, -0.05) is 30.3 Å². The van der Waals surface area contributed by atoms with Crippen molar-refractivity contribution in [3.8, 4) is 0 Å². The van der Waals surface area contributed by atoms with E-state index in [1.165, 1.54) is 14.8 Å². The molecule has 6 nitrogen and oxygen atoms in total. The van der Waals surface area contributed by atoms with Crippen LogP contribution >= 0.6 is 0 Å². The molecule has 28 heavy (non-hydrogen) atoms. The van der Waals surface area contributed by atoms with Crippen LogP contribution in [0.1, 0.15) is 25.2 Å². The van der Waals surface area contributed by atoms with Gasteiger partial charge < -0.3 is 9.47 Å². The SMILES string of the molecule is CCn1c(C[NH+](CC)Cc2ccccc2)nc2cc(S(=O)(=O)N(C)C)ccc21. The van der Waals surface area contributed by atoms with Gasteiger partial charge in [0.2, 0.25) is 10.0 Å². The highest BCUT2D eigenvalue weighted by Gasteiger charge is 2.21. The van der Waals surface area contributed by atoms with Crippen LogP contribution in [-0.2, 0) is 29.7 Å². The van der Waals surface area contributed by atoms with Crippen molar-refractivity contribution >= 4 is 21.1 Å². The highest BCUT2D eigenvalue weighted by atomic mass is 32.2. The smallest absolute Gasteiger partial charge is 0.242 e. The van der Waals surface area contributed by atoms with Crippen molar-refractivity contribution in [2.45, 2.75) is 38.4 Å². The molecule has 3 aromatic rings. The standard InChI is InChI=1S/C21H28N4O2S/c1-5-24(15-17-10-8-7-9-11-17)16-21-22-19-14-18(28(26,27)23(3)4)12-13-20(19)25(21)6-2/h7-14H,5-6,15-16H2,1-4H3/p+1. The molecule has 1 N–H and O–H groups in total. The van der Waals surface area contributed by atoms with Gasteiger partial charge in [-0.2, -0.15) is 0 Å². The Labute approximate surface area is 167 Å². The van der Waals surface area contributed by atoms with Crippen molar-refractivity contribution in [2.75, 3.05) is 20.6 Å². The van der Waals surface area contributed by atoms with Crippen LogP contribution in [0.5, 0.6) is 0 Å². The lowest BCUT2D eigenvalue weighted by Crippen LogP contribution is -3.09. The van der Waals surface area contributed by atoms with Crippen molar-refractivity contribution in [1.82, 2.24) is 13.9 Å². The lowest BCUT2D eigenvalue weighted by Gasteiger charge is -2.18. The fourth-order valence-corrected chi connectivity index (χ4v) is 4.36. The Balaban J connectivity index is 1.94. The van der Waals surface area contributed by atoms with E-state index in [9.17, 15) is 8.42 Å². The predicted molar refractivity (Wildman–Crippen MR) is 112 cm³/mol. The average molecular weight is 402 g/mol. The summed E-state index contributed by atoms with van der Waals surface area (Å²) < 4.78 is 28.3. The quantitative estimate of drug-likeness (QED) is 0.627. The molecule has 0 aliphatic rings. The second kappa shape index (κ2) is 8.43. The largest absolute Gasteiger partial charge is 0.325 e. The van der Waals surface area contributed by atoms with Crippen molar-refractivity contribution in [2.24, 2.45) is 0 Å². The maximum atomic E-state index is 12.5. The second-order valence-electron chi connectivity index (χ2n) is 7.15. The summed E-state index contributed by atoms with van der Waals surface area (Å²) in [7, 11) is -0.382. The highest BCUT2D eigenvalue weighted by Crippen LogP contribution is 2.22. The number of nitrogens with zero attached hydrogens (tertiary/aromatic N) is 3. The molecule has 0 bridgehead atoms. The molecular formula is C21H29N4O2S+. The third-order valence-electron chi connectivity index (χ3n) is 5.10. The zero-order chi connectivity index (χ0) is 20.3. The van der Waals surface area contributed by atoms with E-state index in [1.54, 1.807) is 26.2 Å². The molecule has 150 valence electrons. The van der Waals surface area contributed by atoms with Crippen LogP contribution in [0.15, 0.2) is 53.4 Å². The minimum Gasteiger partial charge on any atom is -0.325 e. The first-order valence-corrected chi connectivity index (χ1v) is 11.1. The van der Waals surface area contributed by atoms with Crippen LogP contribution in [0.25, 0.3) is 11.0 Å². The van der Waals surface area contributed by atoms with Gasteiger partial charge in [-0.3, -0.25) is 0 Å². The summed E-state index contributed by atoms with van der Waals surface area (Å²) in [6.45, 7) is 7.79. The van der Waals surface area contributed by atoms with Crippen molar-refractivity contribution in [3.63, 3.8) is 0 Å². The molecular weight excluding hydrogens is 372 g/mol. The van der Waals surface area contributed by atoms with Crippen molar-refractivity contribution in [3.05, 3.63) is 59.9 Å². The Morgan fingerprint density at radius 3 is 2.36 bits per heavy atom. The number of aryl methyl sites for hydroxylation is 1. The number of fused-ring (bicyclic) bond motifs is 1. The van der Waals surface area contributed by atoms with Gasteiger partial charge in [0, 0.05) is 26.2 Å². The number of hydrogen-bond donors (Lipinski definition) is 1. The fourth-order valence-electron chi connectivity index (χ4n) is 3.44. The number of aromatic nitrogens is 2. The monoisotopic (exact) mass is 401 g/mol. The van der Waals surface area contributed by atoms with E-state index in [2.05, 4.69) is 42.7 Å². The maximum absolute atomic E-state index is 12.5. The number of hydrogen-bond acceptors (Lipinski definition) is 3. The van der Waals surface area contributed by atoms with Gasteiger partial charge in [0.05, 0.1) is 22.5 Å². The summed E-state index contributed by atoms with van der Waals surface area (Å²) in [6.07, 6.45) is 0. The molecule has 0 aliphatic carbocycles. The lowest BCUT2D eigenvalue weighted by molar-refractivity contribution is -0.926. The second-order valence-corrected chi connectivity index (χ2v) is 9.30. The molecule has 1 unspecified atom stereocenters. The molecule has 0 fully saturated rings. The van der Waals surface area contributed by atoms with Crippen molar-refractivity contribution < 1.29 is 13.3 Å². The molecule has 1 heterocycles. The lowest BCUT2D eigenvalue weighted by atomic mass is 10.2. The molecule has 7 heteroatoms. The Kier molecular flexibility index (Phi) is 6.17. The van der Waals surface area contributed by atoms with E-state index in [-0.39, 0.29) is 4.90 Å². The summed E-state index contributed by atoms with van der Waals surface area (Å²) in [5.41, 5.74) is 3.01. The predicted octanol–water partition coefficient (Wildman–Crippen LogP) is 1.91. The summed E-state index contributed by atoms with van der Waals surface area (Å²) in [4.78, 5) is 6.50.